The van der Waals surface area contributed by atoms with Gasteiger partial charge in [0.1, 0.15) is 12.4 Å². The van der Waals surface area contributed by atoms with Crippen LogP contribution < -0.4 is 4.74 Å². The average Bonchev–Trinajstić information content (AvgIpc) is 3.33. The number of nitrogens with zero attached hydrogens (tertiary/aromatic N) is 2. The first-order valence-electron chi connectivity index (χ1n) is 10.7. The standard InChI is InChI=1S/C23H28N2O4S/c26-23(24-14-4-5-15-24)20-8-6-19(7-9-20)18-29-21-10-12-22(13-11-21)30(27,28)25-16-2-1-3-17-25/h6-13H,1-5,14-18H2. The molecule has 1 amide bonds. The van der Waals surface area contributed by atoms with Gasteiger partial charge < -0.3 is 9.64 Å². The maximum Gasteiger partial charge on any atom is 0.253 e. The number of sulfonamides is 1. The third-order valence-electron chi connectivity index (χ3n) is 5.78. The van der Waals surface area contributed by atoms with Gasteiger partial charge in [-0.05, 0) is 67.6 Å². The minimum absolute atomic E-state index is 0.0884. The molecule has 2 aromatic carbocycles. The number of hydrogen-bond acceptors (Lipinski definition) is 4. The summed E-state index contributed by atoms with van der Waals surface area (Å²) in [7, 11) is -3.42. The Balaban J connectivity index is 1.34. The molecule has 0 N–H and O–H groups in total. The summed E-state index contributed by atoms with van der Waals surface area (Å²) in [6.07, 6.45) is 5.09. The van der Waals surface area contributed by atoms with Crippen molar-refractivity contribution >= 4 is 15.9 Å². The van der Waals surface area contributed by atoms with E-state index in [1.54, 1.807) is 28.6 Å². The Morgan fingerprint density at radius 2 is 1.40 bits per heavy atom. The maximum atomic E-state index is 12.7. The predicted octanol–water partition coefficient (Wildman–Crippen LogP) is 3.68. The summed E-state index contributed by atoms with van der Waals surface area (Å²) >= 11 is 0. The van der Waals surface area contributed by atoms with E-state index in [4.69, 9.17) is 4.74 Å². The molecule has 2 aliphatic heterocycles. The number of benzene rings is 2. The van der Waals surface area contributed by atoms with Crippen LogP contribution in [0.5, 0.6) is 5.75 Å². The number of ether oxygens (including phenoxy) is 1. The average molecular weight is 429 g/mol. The highest BCUT2D eigenvalue weighted by molar-refractivity contribution is 7.89. The maximum absolute atomic E-state index is 12.7. The number of rotatable bonds is 6. The van der Waals surface area contributed by atoms with Crippen molar-refractivity contribution in [3.8, 4) is 5.75 Å². The molecule has 4 rings (SSSR count). The molecule has 0 aromatic heterocycles. The number of likely N-dealkylation sites (tertiary alicyclic amines) is 1. The van der Waals surface area contributed by atoms with E-state index in [2.05, 4.69) is 0 Å². The topological polar surface area (TPSA) is 66.9 Å². The zero-order valence-corrected chi connectivity index (χ0v) is 17.9. The molecule has 0 atom stereocenters. The Hall–Kier alpha value is -2.38. The molecule has 2 heterocycles. The highest BCUT2D eigenvalue weighted by atomic mass is 32.2. The minimum Gasteiger partial charge on any atom is -0.489 e. The Morgan fingerprint density at radius 3 is 2.03 bits per heavy atom. The van der Waals surface area contributed by atoms with Crippen molar-refractivity contribution in [1.82, 2.24) is 9.21 Å². The number of carbonyl (C=O) groups is 1. The second-order valence-electron chi connectivity index (χ2n) is 7.92. The first-order chi connectivity index (χ1) is 14.5. The lowest BCUT2D eigenvalue weighted by Gasteiger charge is -2.25. The van der Waals surface area contributed by atoms with E-state index in [1.165, 1.54) is 0 Å². The van der Waals surface area contributed by atoms with Crippen molar-refractivity contribution in [1.29, 1.82) is 0 Å². The molecule has 0 spiro atoms. The molecule has 0 unspecified atom stereocenters. The predicted molar refractivity (Wildman–Crippen MR) is 115 cm³/mol. The zero-order valence-electron chi connectivity index (χ0n) is 17.1. The van der Waals surface area contributed by atoms with Crippen LogP contribution in [0, 0.1) is 0 Å². The molecule has 7 heteroatoms. The van der Waals surface area contributed by atoms with Crippen molar-refractivity contribution in [2.45, 2.75) is 43.6 Å². The van der Waals surface area contributed by atoms with Gasteiger partial charge in [0.2, 0.25) is 10.0 Å². The van der Waals surface area contributed by atoms with Crippen LogP contribution in [0.3, 0.4) is 0 Å². The lowest BCUT2D eigenvalue weighted by molar-refractivity contribution is 0.0792. The second kappa shape index (κ2) is 9.18. The molecule has 30 heavy (non-hydrogen) atoms. The van der Waals surface area contributed by atoms with Crippen LogP contribution in [-0.2, 0) is 16.6 Å². The number of piperidine rings is 1. The fourth-order valence-electron chi connectivity index (χ4n) is 3.98. The van der Waals surface area contributed by atoms with Gasteiger partial charge in [-0.1, -0.05) is 18.6 Å². The Kier molecular flexibility index (Phi) is 6.39. The Labute approximate surface area is 178 Å². The summed E-state index contributed by atoms with van der Waals surface area (Å²) in [5, 5.41) is 0. The highest BCUT2D eigenvalue weighted by Gasteiger charge is 2.25. The number of amides is 1. The van der Waals surface area contributed by atoms with Gasteiger partial charge in [-0.15, -0.1) is 0 Å². The van der Waals surface area contributed by atoms with Crippen molar-refractivity contribution in [3.05, 3.63) is 59.7 Å². The van der Waals surface area contributed by atoms with E-state index in [0.29, 0.717) is 35.9 Å². The third kappa shape index (κ3) is 4.68. The van der Waals surface area contributed by atoms with Crippen molar-refractivity contribution in [2.24, 2.45) is 0 Å². The molecule has 0 bridgehead atoms. The number of hydrogen-bond donors (Lipinski definition) is 0. The van der Waals surface area contributed by atoms with Gasteiger partial charge in [0.05, 0.1) is 4.90 Å². The summed E-state index contributed by atoms with van der Waals surface area (Å²) in [4.78, 5) is 14.6. The number of carbonyl (C=O) groups excluding carboxylic acids is 1. The van der Waals surface area contributed by atoms with Gasteiger partial charge in [-0.25, -0.2) is 8.42 Å². The van der Waals surface area contributed by atoms with Crippen LogP contribution in [0.15, 0.2) is 53.4 Å². The molecule has 2 saturated heterocycles. The van der Waals surface area contributed by atoms with Crippen LogP contribution in [0.25, 0.3) is 0 Å². The Morgan fingerprint density at radius 1 is 0.800 bits per heavy atom. The molecule has 2 aromatic rings. The van der Waals surface area contributed by atoms with Crippen molar-refractivity contribution < 1.29 is 17.9 Å². The fourth-order valence-corrected chi connectivity index (χ4v) is 5.49. The highest BCUT2D eigenvalue weighted by Crippen LogP contribution is 2.23. The van der Waals surface area contributed by atoms with Crippen LogP contribution in [0.4, 0.5) is 0 Å². The van der Waals surface area contributed by atoms with E-state index >= 15 is 0 Å². The molecular formula is C23H28N2O4S. The monoisotopic (exact) mass is 428 g/mol. The molecule has 160 valence electrons. The molecule has 0 radical (unpaired) electrons. The van der Waals surface area contributed by atoms with Gasteiger partial charge in [0.15, 0.2) is 0 Å². The van der Waals surface area contributed by atoms with E-state index in [1.807, 2.05) is 29.2 Å². The van der Waals surface area contributed by atoms with Crippen molar-refractivity contribution in [3.63, 3.8) is 0 Å². The lowest BCUT2D eigenvalue weighted by atomic mass is 10.1. The fraction of sp³-hybridized carbons (Fsp3) is 0.435. The van der Waals surface area contributed by atoms with Gasteiger partial charge in [0.25, 0.3) is 5.91 Å². The summed E-state index contributed by atoms with van der Waals surface area (Å²) < 4.78 is 32.8. The largest absolute Gasteiger partial charge is 0.489 e. The third-order valence-corrected chi connectivity index (χ3v) is 7.69. The molecule has 2 fully saturated rings. The molecular weight excluding hydrogens is 400 g/mol. The molecule has 0 aliphatic carbocycles. The van der Waals surface area contributed by atoms with Crippen LogP contribution in [0.2, 0.25) is 0 Å². The minimum atomic E-state index is -3.42. The smallest absolute Gasteiger partial charge is 0.253 e. The van der Waals surface area contributed by atoms with E-state index < -0.39 is 10.0 Å². The van der Waals surface area contributed by atoms with Gasteiger partial charge in [-0.2, -0.15) is 4.31 Å². The molecule has 2 aliphatic rings. The Bertz CT molecular complexity index is 959. The van der Waals surface area contributed by atoms with Crippen molar-refractivity contribution in [2.75, 3.05) is 26.2 Å². The summed E-state index contributed by atoms with van der Waals surface area (Å²) in [6.45, 7) is 3.23. The first-order valence-corrected chi connectivity index (χ1v) is 12.1. The summed E-state index contributed by atoms with van der Waals surface area (Å²) in [6, 6.07) is 14.1. The van der Waals surface area contributed by atoms with Gasteiger partial charge in [-0.3, -0.25) is 4.79 Å². The van der Waals surface area contributed by atoms with Crippen LogP contribution in [0.1, 0.15) is 48.0 Å². The van der Waals surface area contributed by atoms with Gasteiger partial charge >= 0.3 is 0 Å². The summed E-state index contributed by atoms with van der Waals surface area (Å²) in [5.41, 5.74) is 1.66. The quantitative estimate of drug-likeness (QED) is 0.704. The SMILES string of the molecule is O=C(c1ccc(COc2ccc(S(=O)(=O)N3CCCCC3)cc2)cc1)N1CCCC1. The van der Waals surface area contributed by atoms with Gasteiger partial charge in [0, 0.05) is 31.7 Å². The first kappa shape index (κ1) is 20.9. The van der Waals surface area contributed by atoms with Crippen LogP contribution >= 0.6 is 0 Å². The zero-order chi connectivity index (χ0) is 21.0. The second-order valence-corrected chi connectivity index (χ2v) is 9.86. The molecule has 6 nitrogen and oxygen atoms in total. The van der Waals surface area contributed by atoms with Crippen LogP contribution in [-0.4, -0.2) is 49.7 Å². The van der Waals surface area contributed by atoms with E-state index in [-0.39, 0.29) is 5.91 Å². The normalized spacial score (nSPS) is 17.8. The molecule has 0 saturated carbocycles. The van der Waals surface area contributed by atoms with E-state index in [0.717, 1.165) is 50.8 Å². The van der Waals surface area contributed by atoms with E-state index in [9.17, 15) is 13.2 Å². The summed E-state index contributed by atoms with van der Waals surface area (Å²) in [5.74, 6) is 0.704. The lowest BCUT2D eigenvalue weighted by Crippen LogP contribution is -2.35.